The number of carbonyl (C=O) groups is 2. The van der Waals surface area contributed by atoms with E-state index in [1.54, 1.807) is 0 Å². The number of amides is 2. The summed E-state index contributed by atoms with van der Waals surface area (Å²) in [6, 6.07) is 19.4. The molecule has 2 aromatic carbocycles. The molecule has 0 unspecified atom stereocenters. The van der Waals surface area contributed by atoms with E-state index < -0.39 is 10.5 Å². The molecule has 0 bridgehead atoms. The second-order valence-corrected chi connectivity index (χ2v) is 13.1. The Morgan fingerprint density at radius 1 is 0.769 bits per heavy atom. The summed E-state index contributed by atoms with van der Waals surface area (Å²) in [5, 5.41) is 13.9. The Balaban J connectivity index is 1.26. The second-order valence-electron chi connectivity index (χ2n) is 9.41. The molecular weight excluding hydrogens is 553 g/mol. The van der Waals surface area contributed by atoms with Gasteiger partial charge in [-0.05, 0) is 36.8 Å². The molecule has 0 radical (unpaired) electrons. The molecule has 8 nitrogen and oxygen atoms in total. The molecule has 206 valence electrons. The lowest BCUT2D eigenvalue weighted by Crippen LogP contribution is -2.34. The van der Waals surface area contributed by atoms with Crippen LogP contribution >= 0.6 is 34.9 Å². The highest BCUT2D eigenvalue weighted by Crippen LogP contribution is 2.42. The molecule has 2 aliphatic heterocycles. The Bertz CT molecular complexity index is 1110. The van der Waals surface area contributed by atoms with Crippen molar-refractivity contribution in [1.29, 1.82) is 0 Å². The molecular formula is C28H32N4O4S3. The van der Waals surface area contributed by atoms with Crippen molar-refractivity contribution < 1.29 is 19.1 Å². The van der Waals surface area contributed by atoms with Crippen molar-refractivity contribution in [2.45, 2.75) is 57.1 Å². The molecule has 2 fully saturated rings. The van der Waals surface area contributed by atoms with Gasteiger partial charge in [-0.1, -0.05) is 95.5 Å². The highest BCUT2D eigenvalue weighted by atomic mass is 32.2. The Labute approximate surface area is 241 Å². The monoisotopic (exact) mass is 584 g/mol. The van der Waals surface area contributed by atoms with Gasteiger partial charge in [0.05, 0.1) is 12.2 Å². The Kier molecular flexibility index (Phi) is 10.3. The summed E-state index contributed by atoms with van der Waals surface area (Å²) in [6.07, 6.45) is 4.12. The number of hydrogen-bond donors (Lipinski definition) is 2. The van der Waals surface area contributed by atoms with Crippen LogP contribution in [0.25, 0.3) is 0 Å². The van der Waals surface area contributed by atoms with E-state index in [1.807, 2.05) is 60.7 Å². The average Bonchev–Trinajstić information content (AvgIpc) is 3.77. The van der Waals surface area contributed by atoms with Crippen LogP contribution in [0.3, 0.4) is 0 Å². The van der Waals surface area contributed by atoms with Crippen LogP contribution in [0.15, 0.2) is 69.3 Å². The van der Waals surface area contributed by atoms with E-state index in [4.69, 9.17) is 9.47 Å². The van der Waals surface area contributed by atoms with Crippen molar-refractivity contribution in [3.8, 4) is 0 Å². The van der Waals surface area contributed by atoms with Gasteiger partial charge in [-0.2, -0.15) is 0 Å². The minimum absolute atomic E-state index is 0.0706. The summed E-state index contributed by atoms with van der Waals surface area (Å²) in [5.41, 5.74) is 1.79. The summed E-state index contributed by atoms with van der Waals surface area (Å²) >= 11 is 4.14. The van der Waals surface area contributed by atoms with Crippen LogP contribution in [0.1, 0.15) is 47.3 Å². The number of nitrogens with one attached hydrogen (secondary N) is 2. The number of thioether (sulfide) groups is 2. The number of aromatic nitrogens is 2. The quantitative estimate of drug-likeness (QED) is 0.293. The first-order valence-electron chi connectivity index (χ1n) is 13.2. The molecule has 11 heteroatoms. The van der Waals surface area contributed by atoms with Gasteiger partial charge in [-0.25, -0.2) is 0 Å². The number of hydrogen-bond acceptors (Lipinski definition) is 9. The zero-order valence-corrected chi connectivity index (χ0v) is 23.9. The summed E-state index contributed by atoms with van der Waals surface area (Å²) in [4.78, 5) is 26.5. The lowest BCUT2D eigenvalue weighted by Gasteiger charge is -2.18. The van der Waals surface area contributed by atoms with Crippen LogP contribution in [0.4, 0.5) is 0 Å². The van der Waals surface area contributed by atoms with Gasteiger partial charge in [0, 0.05) is 26.3 Å². The molecule has 5 rings (SSSR count). The van der Waals surface area contributed by atoms with Gasteiger partial charge in [0.2, 0.25) is 11.8 Å². The van der Waals surface area contributed by atoms with Crippen molar-refractivity contribution in [2.75, 3.05) is 26.3 Å². The summed E-state index contributed by atoms with van der Waals surface area (Å²) in [6.45, 7) is 2.50. The number of nitrogens with zero attached hydrogens (tertiary/aromatic N) is 2. The maximum atomic E-state index is 13.2. The molecule has 0 saturated carbocycles. The summed E-state index contributed by atoms with van der Waals surface area (Å²) in [7, 11) is 0. The standard InChI is InChI=1S/C28H32N4O4S3/c33-25(29-17-21-13-7-15-35-21)23(19-9-3-1-4-10-19)37-27-31-32-28(39-27)38-24(20-11-5-2-6-12-20)26(34)30-18-22-14-8-16-36-22/h1-6,9-12,21-24H,7-8,13-18H2,(H,29,33)(H,30,34)/t21-,22-,23+,24+/m0/s1. The predicted molar refractivity (Wildman–Crippen MR) is 154 cm³/mol. The summed E-state index contributed by atoms with van der Waals surface area (Å²) < 4.78 is 12.7. The normalized spacial score (nSPS) is 20.4. The van der Waals surface area contributed by atoms with Crippen molar-refractivity contribution in [3.05, 3.63) is 71.8 Å². The Hall–Kier alpha value is -2.44. The molecule has 4 atom stereocenters. The Morgan fingerprint density at radius 3 is 1.59 bits per heavy atom. The fraction of sp³-hybridized carbons (Fsp3) is 0.429. The lowest BCUT2D eigenvalue weighted by molar-refractivity contribution is -0.122. The molecule has 0 spiro atoms. The highest BCUT2D eigenvalue weighted by molar-refractivity contribution is 8.04. The maximum Gasteiger partial charge on any atom is 0.238 e. The predicted octanol–water partition coefficient (Wildman–Crippen LogP) is 4.80. The molecule has 2 N–H and O–H groups in total. The first-order chi connectivity index (χ1) is 19.2. The van der Waals surface area contributed by atoms with Gasteiger partial charge in [-0.3, -0.25) is 9.59 Å². The number of ether oxygens (including phenoxy) is 2. The van der Waals surface area contributed by atoms with E-state index in [2.05, 4.69) is 20.8 Å². The van der Waals surface area contributed by atoms with Crippen molar-refractivity contribution in [3.63, 3.8) is 0 Å². The molecule has 2 aliphatic rings. The van der Waals surface area contributed by atoms with Crippen LogP contribution in [0, 0.1) is 0 Å². The topological polar surface area (TPSA) is 102 Å². The van der Waals surface area contributed by atoms with Gasteiger partial charge in [-0.15, -0.1) is 10.2 Å². The zero-order chi connectivity index (χ0) is 26.9. The van der Waals surface area contributed by atoms with E-state index >= 15 is 0 Å². The van der Waals surface area contributed by atoms with Gasteiger partial charge < -0.3 is 20.1 Å². The number of benzene rings is 2. The van der Waals surface area contributed by atoms with Crippen molar-refractivity contribution >= 4 is 46.7 Å². The third-order valence-corrected chi connectivity index (χ3v) is 10.2. The highest BCUT2D eigenvalue weighted by Gasteiger charge is 2.28. The van der Waals surface area contributed by atoms with Gasteiger partial charge in [0.25, 0.3) is 0 Å². The van der Waals surface area contributed by atoms with Crippen LogP contribution in [-0.4, -0.2) is 60.5 Å². The van der Waals surface area contributed by atoms with E-state index in [-0.39, 0.29) is 24.0 Å². The SMILES string of the molecule is O=C(NC[C@@H]1CCCO1)[C@H](Sc1nnc(S[C@@H](C(=O)NC[C@@H]2CCCO2)c2ccccc2)s1)c1ccccc1. The average molecular weight is 585 g/mol. The summed E-state index contributed by atoms with van der Waals surface area (Å²) in [5.74, 6) is -0.163. The van der Waals surface area contributed by atoms with E-state index in [1.165, 1.54) is 34.9 Å². The number of rotatable bonds is 12. The van der Waals surface area contributed by atoms with Gasteiger partial charge >= 0.3 is 0 Å². The van der Waals surface area contributed by atoms with Crippen LogP contribution in [-0.2, 0) is 19.1 Å². The maximum absolute atomic E-state index is 13.2. The molecule has 39 heavy (non-hydrogen) atoms. The zero-order valence-electron chi connectivity index (χ0n) is 21.5. The van der Waals surface area contributed by atoms with Crippen molar-refractivity contribution in [2.24, 2.45) is 0 Å². The van der Waals surface area contributed by atoms with Crippen LogP contribution < -0.4 is 10.6 Å². The van der Waals surface area contributed by atoms with Crippen LogP contribution in [0.5, 0.6) is 0 Å². The fourth-order valence-electron chi connectivity index (χ4n) is 4.52. The van der Waals surface area contributed by atoms with E-state index in [9.17, 15) is 9.59 Å². The van der Waals surface area contributed by atoms with E-state index in [0.29, 0.717) is 21.8 Å². The molecule has 0 aliphatic carbocycles. The minimum Gasteiger partial charge on any atom is -0.376 e. The first-order valence-corrected chi connectivity index (χ1v) is 15.8. The second kappa shape index (κ2) is 14.3. The minimum atomic E-state index is -0.474. The molecule has 3 heterocycles. The molecule has 1 aromatic heterocycles. The van der Waals surface area contributed by atoms with Crippen LogP contribution in [0.2, 0.25) is 0 Å². The first kappa shape index (κ1) is 28.1. The van der Waals surface area contributed by atoms with Gasteiger partial charge in [0.1, 0.15) is 10.5 Å². The molecule has 2 amide bonds. The molecule has 2 saturated heterocycles. The molecule has 3 aromatic rings. The van der Waals surface area contributed by atoms with Gasteiger partial charge in [0.15, 0.2) is 8.68 Å². The third kappa shape index (κ3) is 8.04. The smallest absolute Gasteiger partial charge is 0.238 e. The third-order valence-electron chi connectivity index (χ3n) is 6.56. The van der Waals surface area contributed by atoms with E-state index in [0.717, 1.165) is 50.0 Å². The van der Waals surface area contributed by atoms with Crippen molar-refractivity contribution in [1.82, 2.24) is 20.8 Å². The Morgan fingerprint density at radius 2 is 1.21 bits per heavy atom. The number of carbonyl (C=O) groups excluding carboxylic acids is 2. The fourth-order valence-corrected chi connectivity index (χ4v) is 7.97. The largest absolute Gasteiger partial charge is 0.376 e. The lowest BCUT2D eigenvalue weighted by atomic mass is 10.1.